The fraction of sp³-hybridized carbons (Fsp3) is 0.500. The maximum absolute atomic E-state index is 13.7. The van der Waals surface area contributed by atoms with Crippen molar-refractivity contribution in [3.8, 4) is 0 Å². The van der Waals surface area contributed by atoms with Gasteiger partial charge in [0.05, 0.1) is 0 Å². The lowest BCUT2D eigenvalue weighted by atomic mass is 10.1. The van der Waals surface area contributed by atoms with Crippen LogP contribution in [0.15, 0.2) is 18.2 Å². The summed E-state index contributed by atoms with van der Waals surface area (Å²) in [5.41, 5.74) is 0.405. The Hall–Kier alpha value is -1.53. The molecule has 1 fully saturated rings. The molecule has 1 amide bonds. The van der Waals surface area contributed by atoms with Gasteiger partial charge in [-0.15, -0.1) is 0 Å². The SMILES string of the molecule is CCNC(=O)C1CNCCN1Cc1ccc(F)cc1F. The van der Waals surface area contributed by atoms with Crippen molar-refractivity contribution in [1.29, 1.82) is 0 Å². The summed E-state index contributed by atoms with van der Waals surface area (Å²) >= 11 is 0. The normalized spacial score (nSPS) is 19.9. The summed E-state index contributed by atoms with van der Waals surface area (Å²) in [6.45, 7) is 4.66. The smallest absolute Gasteiger partial charge is 0.238 e. The van der Waals surface area contributed by atoms with E-state index in [1.165, 1.54) is 12.1 Å². The monoisotopic (exact) mass is 283 g/mol. The summed E-state index contributed by atoms with van der Waals surface area (Å²) in [5, 5.41) is 5.94. The highest BCUT2D eigenvalue weighted by Crippen LogP contribution is 2.15. The maximum atomic E-state index is 13.7. The number of nitrogens with one attached hydrogen (secondary N) is 2. The standard InChI is InChI=1S/C14H19F2N3O/c1-2-18-14(20)13-8-17-5-6-19(13)9-10-3-4-11(15)7-12(10)16/h3-4,7,13,17H,2,5-6,8-9H2,1H3,(H,18,20). The molecule has 1 atom stereocenters. The minimum Gasteiger partial charge on any atom is -0.355 e. The molecule has 1 aromatic rings. The highest BCUT2D eigenvalue weighted by Gasteiger charge is 2.28. The van der Waals surface area contributed by atoms with E-state index in [9.17, 15) is 13.6 Å². The molecular weight excluding hydrogens is 264 g/mol. The third-order valence-corrected chi connectivity index (χ3v) is 3.40. The number of hydrogen-bond donors (Lipinski definition) is 2. The Labute approximate surface area is 117 Å². The molecule has 4 nitrogen and oxygen atoms in total. The van der Waals surface area contributed by atoms with Crippen LogP contribution in [-0.4, -0.2) is 43.0 Å². The lowest BCUT2D eigenvalue weighted by Crippen LogP contribution is -2.57. The third kappa shape index (κ3) is 3.52. The van der Waals surface area contributed by atoms with Crippen molar-refractivity contribution in [3.63, 3.8) is 0 Å². The minimum atomic E-state index is -0.591. The van der Waals surface area contributed by atoms with Crippen LogP contribution >= 0.6 is 0 Å². The molecule has 20 heavy (non-hydrogen) atoms. The summed E-state index contributed by atoms with van der Waals surface area (Å²) in [6, 6.07) is 3.22. The number of benzene rings is 1. The van der Waals surface area contributed by atoms with E-state index < -0.39 is 11.6 Å². The predicted octanol–water partition coefficient (Wildman–Crippen LogP) is 0.875. The predicted molar refractivity (Wildman–Crippen MR) is 72.1 cm³/mol. The van der Waals surface area contributed by atoms with Crippen LogP contribution in [0.5, 0.6) is 0 Å². The number of piperazine rings is 1. The van der Waals surface area contributed by atoms with Crippen LogP contribution in [0, 0.1) is 11.6 Å². The van der Waals surface area contributed by atoms with Crippen LogP contribution in [0.4, 0.5) is 8.78 Å². The fourth-order valence-corrected chi connectivity index (χ4v) is 2.35. The van der Waals surface area contributed by atoms with Crippen molar-refractivity contribution >= 4 is 5.91 Å². The third-order valence-electron chi connectivity index (χ3n) is 3.40. The van der Waals surface area contributed by atoms with Gasteiger partial charge in [-0.25, -0.2) is 8.78 Å². The summed E-state index contributed by atoms with van der Waals surface area (Å²) in [6.07, 6.45) is 0. The van der Waals surface area contributed by atoms with Crippen molar-refractivity contribution in [2.24, 2.45) is 0 Å². The molecule has 1 aromatic carbocycles. The van der Waals surface area contributed by atoms with Gasteiger partial charge in [0.2, 0.25) is 5.91 Å². The molecule has 0 aromatic heterocycles. The van der Waals surface area contributed by atoms with Gasteiger partial charge in [0.25, 0.3) is 0 Å². The summed E-state index contributed by atoms with van der Waals surface area (Å²) in [5.74, 6) is -1.23. The molecule has 1 aliphatic heterocycles. The van der Waals surface area contributed by atoms with E-state index >= 15 is 0 Å². The Morgan fingerprint density at radius 1 is 1.50 bits per heavy atom. The Bertz CT molecular complexity index is 481. The van der Waals surface area contributed by atoms with Crippen LogP contribution in [0.3, 0.4) is 0 Å². The van der Waals surface area contributed by atoms with Gasteiger partial charge in [0.15, 0.2) is 0 Å². The van der Waals surface area contributed by atoms with Crippen molar-refractivity contribution in [2.75, 3.05) is 26.2 Å². The number of halogens is 2. The second-order valence-corrected chi connectivity index (χ2v) is 4.82. The van der Waals surface area contributed by atoms with Crippen LogP contribution < -0.4 is 10.6 Å². The first kappa shape index (κ1) is 14.9. The average molecular weight is 283 g/mol. The first-order valence-electron chi connectivity index (χ1n) is 6.78. The van der Waals surface area contributed by atoms with Crippen molar-refractivity contribution in [3.05, 3.63) is 35.4 Å². The van der Waals surface area contributed by atoms with E-state index in [4.69, 9.17) is 0 Å². The number of carbonyl (C=O) groups is 1. The zero-order chi connectivity index (χ0) is 14.5. The Morgan fingerprint density at radius 2 is 2.30 bits per heavy atom. The van der Waals surface area contributed by atoms with E-state index in [0.717, 1.165) is 12.6 Å². The molecule has 2 rings (SSSR count). The molecule has 0 radical (unpaired) electrons. The second-order valence-electron chi connectivity index (χ2n) is 4.82. The molecular formula is C14H19F2N3O. The second kappa shape index (κ2) is 6.76. The summed E-state index contributed by atoms with van der Waals surface area (Å²) < 4.78 is 26.6. The van der Waals surface area contributed by atoms with E-state index in [1.807, 2.05) is 11.8 Å². The number of carbonyl (C=O) groups excluding carboxylic acids is 1. The summed E-state index contributed by atoms with van der Waals surface area (Å²) in [4.78, 5) is 13.9. The van der Waals surface area contributed by atoms with Crippen molar-refractivity contribution in [1.82, 2.24) is 15.5 Å². The molecule has 0 saturated carbocycles. The Morgan fingerprint density at radius 3 is 3.00 bits per heavy atom. The van der Waals surface area contributed by atoms with Crippen LogP contribution in [0.25, 0.3) is 0 Å². The number of likely N-dealkylation sites (N-methyl/N-ethyl adjacent to an activating group) is 1. The molecule has 6 heteroatoms. The number of nitrogens with zero attached hydrogens (tertiary/aromatic N) is 1. The number of rotatable bonds is 4. The van der Waals surface area contributed by atoms with Gasteiger partial charge in [-0.1, -0.05) is 6.07 Å². The van der Waals surface area contributed by atoms with Gasteiger partial charge < -0.3 is 10.6 Å². The van der Waals surface area contributed by atoms with Gasteiger partial charge in [-0.05, 0) is 13.0 Å². The molecule has 110 valence electrons. The Balaban J connectivity index is 2.10. The zero-order valence-corrected chi connectivity index (χ0v) is 11.5. The van der Waals surface area contributed by atoms with E-state index in [0.29, 0.717) is 31.7 Å². The minimum absolute atomic E-state index is 0.0674. The molecule has 0 spiro atoms. The van der Waals surface area contributed by atoms with Crippen molar-refractivity contribution < 1.29 is 13.6 Å². The van der Waals surface area contributed by atoms with E-state index in [1.54, 1.807) is 0 Å². The van der Waals surface area contributed by atoms with Gasteiger partial charge in [0, 0.05) is 44.4 Å². The molecule has 0 bridgehead atoms. The van der Waals surface area contributed by atoms with Crippen LogP contribution in [0.2, 0.25) is 0 Å². The van der Waals surface area contributed by atoms with Gasteiger partial charge in [0.1, 0.15) is 17.7 Å². The van der Waals surface area contributed by atoms with E-state index in [2.05, 4.69) is 10.6 Å². The highest BCUT2D eigenvalue weighted by atomic mass is 19.1. The molecule has 2 N–H and O–H groups in total. The first-order valence-corrected chi connectivity index (χ1v) is 6.78. The van der Waals surface area contributed by atoms with Crippen LogP contribution in [0.1, 0.15) is 12.5 Å². The molecule has 1 unspecified atom stereocenters. The van der Waals surface area contributed by atoms with Crippen molar-refractivity contribution in [2.45, 2.75) is 19.5 Å². The largest absolute Gasteiger partial charge is 0.355 e. The number of amides is 1. The lowest BCUT2D eigenvalue weighted by molar-refractivity contribution is -0.127. The Kier molecular flexibility index (Phi) is 5.03. The van der Waals surface area contributed by atoms with Gasteiger partial charge >= 0.3 is 0 Å². The maximum Gasteiger partial charge on any atom is 0.238 e. The van der Waals surface area contributed by atoms with E-state index in [-0.39, 0.29) is 11.9 Å². The fourth-order valence-electron chi connectivity index (χ4n) is 2.35. The molecule has 1 heterocycles. The summed E-state index contributed by atoms with van der Waals surface area (Å²) in [7, 11) is 0. The molecule has 0 aliphatic carbocycles. The topological polar surface area (TPSA) is 44.4 Å². The molecule has 1 saturated heterocycles. The lowest BCUT2D eigenvalue weighted by Gasteiger charge is -2.35. The first-order chi connectivity index (χ1) is 9.61. The van der Waals surface area contributed by atoms with Crippen LogP contribution in [-0.2, 0) is 11.3 Å². The van der Waals surface area contributed by atoms with Gasteiger partial charge in [-0.3, -0.25) is 9.69 Å². The average Bonchev–Trinajstić information content (AvgIpc) is 2.43. The zero-order valence-electron chi connectivity index (χ0n) is 11.5. The molecule has 1 aliphatic rings. The van der Waals surface area contributed by atoms with Gasteiger partial charge in [-0.2, -0.15) is 0 Å². The highest BCUT2D eigenvalue weighted by molar-refractivity contribution is 5.82. The number of hydrogen-bond acceptors (Lipinski definition) is 3. The quantitative estimate of drug-likeness (QED) is 0.862.